The van der Waals surface area contributed by atoms with Gasteiger partial charge in [0.25, 0.3) is 5.91 Å². The Kier molecular flexibility index (Phi) is 3.11. The van der Waals surface area contributed by atoms with Crippen molar-refractivity contribution >= 4 is 17.6 Å². The Morgan fingerprint density at radius 3 is 2.56 bits per heavy atom. The Bertz CT molecular complexity index is 542. The second-order valence-corrected chi connectivity index (χ2v) is 3.84. The fourth-order valence-corrected chi connectivity index (χ4v) is 1.79. The highest BCUT2D eigenvalue weighted by Crippen LogP contribution is 2.21. The lowest BCUT2D eigenvalue weighted by Crippen LogP contribution is -2.33. The zero-order chi connectivity index (χ0) is 13.1. The van der Waals surface area contributed by atoms with Gasteiger partial charge in [-0.25, -0.2) is 9.69 Å². The molecule has 0 N–H and O–H groups in total. The fraction of sp³-hybridized carbons (Fsp3) is 0.154. The summed E-state index contributed by atoms with van der Waals surface area (Å²) >= 11 is 0. The third-order valence-electron chi connectivity index (χ3n) is 2.64. The van der Waals surface area contributed by atoms with Crippen molar-refractivity contribution in [3.63, 3.8) is 0 Å². The monoisotopic (exact) mass is 241 g/mol. The van der Waals surface area contributed by atoms with Crippen LogP contribution in [0.1, 0.15) is 5.56 Å². The molecule has 5 nitrogen and oxygen atoms in total. The second kappa shape index (κ2) is 4.72. The Hall–Kier alpha value is -2.61. The molecule has 1 aliphatic rings. The average Bonchev–Trinajstić information content (AvgIpc) is 2.65. The van der Waals surface area contributed by atoms with E-state index in [4.69, 9.17) is 5.26 Å². The standard InChI is InChI=1S/C13H11N3O2/c1-2-7-15-9-12(17)16(13(15)18)11-5-3-10(8-14)4-6-11/h2-6H,1,7,9H2. The third kappa shape index (κ3) is 1.96. The maximum Gasteiger partial charge on any atom is 0.332 e. The number of hydrogen-bond acceptors (Lipinski definition) is 3. The van der Waals surface area contributed by atoms with E-state index in [0.717, 1.165) is 4.90 Å². The molecule has 1 aromatic carbocycles. The first-order valence-corrected chi connectivity index (χ1v) is 5.40. The van der Waals surface area contributed by atoms with Crippen LogP contribution >= 0.6 is 0 Å². The highest BCUT2D eigenvalue weighted by atomic mass is 16.2. The van der Waals surface area contributed by atoms with Gasteiger partial charge < -0.3 is 4.90 Å². The molecule has 0 atom stereocenters. The average molecular weight is 241 g/mol. The Labute approximate surface area is 105 Å². The first-order valence-electron chi connectivity index (χ1n) is 5.40. The number of urea groups is 1. The lowest BCUT2D eigenvalue weighted by atomic mass is 10.2. The quantitative estimate of drug-likeness (QED) is 0.595. The van der Waals surface area contributed by atoms with E-state index in [1.54, 1.807) is 30.3 Å². The minimum atomic E-state index is -0.357. The minimum absolute atomic E-state index is 0.0604. The third-order valence-corrected chi connectivity index (χ3v) is 2.64. The van der Waals surface area contributed by atoms with Crippen molar-refractivity contribution in [3.05, 3.63) is 42.5 Å². The Morgan fingerprint density at radius 1 is 1.33 bits per heavy atom. The first kappa shape index (κ1) is 11.9. The zero-order valence-corrected chi connectivity index (χ0v) is 9.67. The van der Waals surface area contributed by atoms with Crippen molar-refractivity contribution in [2.45, 2.75) is 0 Å². The summed E-state index contributed by atoms with van der Waals surface area (Å²) in [6.45, 7) is 3.95. The summed E-state index contributed by atoms with van der Waals surface area (Å²) in [5, 5.41) is 8.69. The van der Waals surface area contributed by atoms with Gasteiger partial charge in [0.15, 0.2) is 0 Å². The van der Waals surface area contributed by atoms with E-state index in [-0.39, 0.29) is 18.5 Å². The number of rotatable bonds is 3. The van der Waals surface area contributed by atoms with Crippen LogP contribution in [0.25, 0.3) is 0 Å². The maximum atomic E-state index is 12.0. The molecular weight excluding hydrogens is 230 g/mol. The van der Waals surface area contributed by atoms with Crippen LogP contribution in [0.15, 0.2) is 36.9 Å². The van der Waals surface area contributed by atoms with Crippen molar-refractivity contribution in [3.8, 4) is 6.07 Å². The predicted molar refractivity (Wildman–Crippen MR) is 65.8 cm³/mol. The van der Waals surface area contributed by atoms with Crippen molar-refractivity contribution in [1.29, 1.82) is 5.26 Å². The molecule has 90 valence electrons. The number of amides is 3. The van der Waals surface area contributed by atoms with E-state index >= 15 is 0 Å². The van der Waals surface area contributed by atoms with Gasteiger partial charge in [-0.15, -0.1) is 6.58 Å². The number of carbonyl (C=O) groups is 2. The summed E-state index contributed by atoms with van der Waals surface area (Å²) < 4.78 is 0. The topological polar surface area (TPSA) is 64.4 Å². The normalized spacial score (nSPS) is 14.8. The number of imide groups is 1. The van der Waals surface area contributed by atoms with E-state index in [1.807, 2.05) is 6.07 Å². The molecule has 1 aliphatic heterocycles. The van der Waals surface area contributed by atoms with E-state index in [9.17, 15) is 9.59 Å². The van der Waals surface area contributed by atoms with Crippen LogP contribution in [0.2, 0.25) is 0 Å². The summed E-state index contributed by atoms with van der Waals surface area (Å²) in [6, 6.07) is 7.96. The Morgan fingerprint density at radius 2 is 2.00 bits per heavy atom. The molecule has 0 saturated carbocycles. The molecular formula is C13H11N3O2. The molecule has 1 saturated heterocycles. The van der Waals surface area contributed by atoms with Crippen LogP contribution in [-0.2, 0) is 4.79 Å². The minimum Gasteiger partial charge on any atom is -0.311 e. The maximum absolute atomic E-state index is 12.0. The van der Waals surface area contributed by atoms with Gasteiger partial charge in [0.05, 0.1) is 17.3 Å². The van der Waals surface area contributed by atoms with Crippen molar-refractivity contribution in [2.24, 2.45) is 0 Å². The van der Waals surface area contributed by atoms with Crippen molar-refractivity contribution in [2.75, 3.05) is 18.0 Å². The molecule has 0 unspecified atom stereocenters. The first-order chi connectivity index (χ1) is 8.67. The number of hydrogen-bond donors (Lipinski definition) is 0. The second-order valence-electron chi connectivity index (χ2n) is 3.84. The van der Waals surface area contributed by atoms with Gasteiger partial charge >= 0.3 is 6.03 Å². The molecule has 0 spiro atoms. The van der Waals surface area contributed by atoms with Crippen LogP contribution in [0.5, 0.6) is 0 Å². The molecule has 0 aromatic heterocycles. The highest BCUT2D eigenvalue weighted by Gasteiger charge is 2.36. The van der Waals surface area contributed by atoms with Gasteiger partial charge in [-0.2, -0.15) is 5.26 Å². The number of nitrogens with zero attached hydrogens (tertiary/aromatic N) is 3. The van der Waals surface area contributed by atoms with E-state index in [2.05, 4.69) is 6.58 Å². The smallest absolute Gasteiger partial charge is 0.311 e. The molecule has 2 rings (SSSR count). The highest BCUT2D eigenvalue weighted by molar-refractivity contribution is 6.19. The number of benzene rings is 1. The number of carbonyl (C=O) groups excluding carboxylic acids is 2. The lowest BCUT2D eigenvalue weighted by Gasteiger charge is -2.15. The zero-order valence-electron chi connectivity index (χ0n) is 9.67. The van der Waals surface area contributed by atoms with E-state index < -0.39 is 0 Å². The molecule has 3 amide bonds. The molecule has 1 fully saturated rings. The van der Waals surface area contributed by atoms with Gasteiger partial charge in [0.2, 0.25) is 0 Å². The molecule has 1 aromatic rings. The predicted octanol–water partition coefficient (Wildman–Crippen LogP) is 1.51. The van der Waals surface area contributed by atoms with Crippen molar-refractivity contribution in [1.82, 2.24) is 4.90 Å². The SMILES string of the molecule is C=CCN1CC(=O)N(c2ccc(C#N)cc2)C1=O. The summed E-state index contributed by atoms with van der Waals surface area (Å²) in [5.41, 5.74) is 0.969. The summed E-state index contributed by atoms with van der Waals surface area (Å²) in [6.07, 6.45) is 1.58. The largest absolute Gasteiger partial charge is 0.332 e. The molecule has 1 heterocycles. The van der Waals surface area contributed by atoms with E-state index in [1.165, 1.54) is 4.90 Å². The van der Waals surface area contributed by atoms with Crippen LogP contribution in [0, 0.1) is 11.3 Å². The number of nitriles is 1. The summed E-state index contributed by atoms with van der Waals surface area (Å²) in [4.78, 5) is 26.3. The number of anilines is 1. The van der Waals surface area contributed by atoms with Gasteiger partial charge in [-0.1, -0.05) is 6.08 Å². The Balaban J connectivity index is 2.27. The van der Waals surface area contributed by atoms with Crippen molar-refractivity contribution < 1.29 is 9.59 Å². The van der Waals surface area contributed by atoms with Gasteiger partial charge in [0, 0.05) is 6.54 Å². The van der Waals surface area contributed by atoms with Crippen LogP contribution in [0.4, 0.5) is 10.5 Å². The van der Waals surface area contributed by atoms with Gasteiger partial charge in [-0.05, 0) is 24.3 Å². The van der Waals surface area contributed by atoms with Gasteiger partial charge in [0.1, 0.15) is 6.54 Å². The van der Waals surface area contributed by atoms with Crippen LogP contribution in [0.3, 0.4) is 0 Å². The molecule has 0 radical (unpaired) electrons. The molecule has 0 aliphatic carbocycles. The molecule has 5 heteroatoms. The van der Waals surface area contributed by atoms with Gasteiger partial charge in [-0.3, -0.25) is 4.79 Å². The lowest BCUT2D eigenvalue weighted by molar-refractivity contribution is -0.116. The van der Waals surface area contributed by atoms with Crippen LogP contribution in [-0.4, -0.2) is 29.9 Å². The van der Waals surface area contributed by atoms with E-state index in [0.29, 0.717) is 17.8 Å². The summed E-state index contributed by atoms with van der Waals surface area (Å²) in [5.74, 6) is -0.272. The van der Waals surface area contributed by atoms with Crippen LogP contribution < -0.4 is 4.90 Å². The molecule has 0 bridgehead atoms. The fourth-order valence-electron chi connectivity index (χ4n) is 1.79. The summed E-state index contributed by atoms with van der Waals surface area (Å²) in [7, 11) is 0. The molecule has 18 heavy (non-hydrogen) atoms.